The fourth-order valence-corrected chi connectivity index (χ4v) is 3.49. The van der Waals surface area contributed by atoms with Crippen LogP contribution in [0.15, 0.2) is 24.3 Å². The molecule has 0 saturated heterocycles. The number of alkyl halides is 6. The van der Waals surface area contributed by atoms with Crippen molar-refractivity contribution in [3.8, 4) is 0 Å². The molecule has 2 rings (SSSR count). The molecule has 0 aromatic heterocycles. The highest BCUT2D eigenvalue weighted by atomic mass is 19.4. The zero-order valence-corrected chi connectivity index (χ0v) is 15.2. The van der Waals surface area contributed by atoms with E-state index in [1.54, 1.807) is 13.8 Å². The number of hydrogen-bond donors (Lipinski definition) is 1. The summed E-state index contributed by atoms with van der Waals surface area (Å²) in [4.78, 5) is 12.4. The molecule has 27 heavy (non-hydrogen) atoms. The van der Waals surface area contributed by atoms with Crippen LogP contribution in [0.3, 0.4) is 0 Å². The highest BCUT2D eigenvalue weighted by Gasteiger charge is 2.48. The molecule has 1 aromatic rings. The lowest BCUT2D eigenvalue weighted by molar-refractivity contribution is -0.198. The Labute approximate surface area is 154 Å². The number of carbonyl (C=O) groups is 1. The molecule has 8 heteroatoms. The molecule has 1 saturated carbocycles. The molecule has 152 valence electrons. The Bertz CT molecular complexity index is 665. The van der Waals surface area contributed by atoms with E-state index in [1.807, 2.05) is 0 Å². The van der Waals surface area contributed by atoms with Gasteiger partial charge in [0, 0.05) is 17.9 Å². The lowest BCUT2D eigenvalue weighted by Gasteiger charge is -2.33. The number of hydrogen-bond acceptors (Lipinski definition) is 1. The minimum atomic E-state index is -4.49. The van der Waals surface area contributed by atoms with Crippen LogP contribution in [0, 0.1) is 11.8 Å². The predicted molar refractivity (Wildman–Crippen MR) is 89.0 cm³/mol. The molecular formula is C19H23F6NO. The lowest BCUT2D eigenvalue weighted by Crippen LogP contribution is -2.45. The van der Waals surface area contributed by atoms with Gasteiger partial charge in [-0.15, -0.1) is 0 Å². The van der Waals surface area contributed by atoms with Gasteiger partial charge in [0.05, 0.1) is 11.5 Å². The summed E-state index contributed by atoms with van der Waals surface area (Å²) >= 11 is 0. The molecule has 0 heterocycles. The normalized spacial score (nSPS) is 21.8. The van der Waals surface area contributed by atoms with Crippen LogP contribution in [0.2, 0.25) is 0 Å². The topological polar surface area (TPSA) is 29.1 Å². The molecule has 0 spiro atoms. The second-order valence-electron chi connectivity index (χ2n) is 7.72. The van der Waals surface area contributed by atoms with Gasteiger partial charge in [-0.2, -0.15) is 26.3 Å². The average molecular weight is 395 g/mol. The zero-order valence-electron chi connectivity index (χ0n) is 15.2. The van der Waals surface area contributed by atoms with Gasteiger partial charge in [0.1, 0.15) is 0 Å². The third-order valence-electron chi connectivity index (χ3n) is 5.20. The Balaban J connectivity index is 2.09. The van der Waals surface area contributed by atoms with E-state index in [1.165, 1.54) is 12.1 Å². The summed E-state index contributed by atoms with van der Waals surface area (Å²) in [5.41, 5.74) is -1.31. The van der Waals surface area contributed by atoms with Gasteiger partial charge in [-0.25, -0.2) is 0 Å². The number of nitrogens with one attached hydrogen (secondary N) is 1. The van der Waals surface area contributed by atoms with E-state index in [0.717, 1.165) is 12.1 Å². The summed E-state index contributed by atoms with van der Waals surface area (Å²) in [5.74, 6) is -3.49. The van der Waals surface area contributed by atoms with Crippen LogP contribution in [-0.2, 0) is 16.4 Å². The molecule has 1 aliphatic carbocycles. The summed E-state index contributed by atoms with van der Waals surface area (Å²) in [7, 11) is 0. The van der Waals surface area contributed by atoms with E-state index in [4.69, 9.17) is 0 Å². The SMILES string of the molecule is CC(C)(CNC(=O)C1CCCCC1C(F)(F)F)c1cccc(C(F)(F)F)c1. The summed E-state index contributed by atoms with van der Waals surface area (Å²) < 4.78 is 78.2. The highest BCUT2D eigenvalue weighted by molar-refractivity contribution is 5.79. The first kappa shape index (κ1) is 21.6. The molecule has 1 amide bonds. The molecule has 2 unspecified atom stereocenters. The zero-order chi connectivity index (χ0) is 20.5. The van der Waals surface area contributed by atoms with Crippen molar-refractivity contribution in [3.63, 3.8) is 0 Å². The monoisotopic (exact) mass is 395 g/mol. The van der Waals surface area contributed by atoms with Gasteiger partial charge in [0.25, 0.3) is 0 Å². The van der Waals surface area contributed by atoms with Crippen molar-refractivity contribution in [3.05, 3.63) is 35.4 Å². The molecule has 0 aliphatic heterocycles. The van der Waals surface area contributed by atoms with Crippen LogP contribution < -0.4 is 5.32 Å². The van der Waals surface area contributed by atoms with Gasteiger partial charge in [-0.1, -0.05) is 44.9 Å². The predicted octanol–water partition coefficient (Wildman–Crippen LogP) is 5.47. The average Bonchev–Trinajstić information content (AvgIpc) is 2.58. The van der Waals surface area contributed by atoms with Crippen molar-refractivity contribution in [1.82, 2.24) is 5.32 Å². The molecule has 1 fully saturated rings. The van der Waals surface area contributed by atoms with Gasteiger partial charge in [-0.05, 0) is 24.5 Å². The molecule has 2 atom stereocenters. The van der Waals surface area contributed by atoms with Crippen LogP contribution in [0.4, 0.5) is 26.3 Å². The van der Waals surface area contributed by atoms with Crippen LogP contribution in [0.5, 0.6) is 0 Å². The number of halogens is 6. The fraction of sp³-hybridized carbons (Fsp3) is 0.632. The fourth-order valence-electron chi connectivity index (χ4n) is 3.49. The largest absolute Gasteiger partial charge is 0.416 e. The number of benzene rings is 1. The van der Waals surface area contributed by atoms with Crippen molar-refractivity contribution in [2.45, 2.75) is 57.3 Å². The van der Waals surface area contributed by atoms with Crippen molar-refractivity contribution >= 4 is 5.91 Å². The van der Waals surface area contributed by atoms with Crippen LogP contribution in [0.1, 0.15) is 50.7 Å². The number of carbonyl (C=O) groups excluding carboxylic acids is 1. The summed E-state index contributed by atoms with van der Waals surface area (Å²) in [6.45, 7) is 3.24. The Hall–Kier alpha value is -1.73. The molecular weight excluding hydrogens is 372 g/mol. The molecule has 1 aromatic carbocycles. The smallest absolute Gasteiger partial charge is 0.355 e. The number of amides is 1. The Morgan fingerprint density at radius 2 is 1.63 bits per heavy atom. The van der Waals surface area contributed by atoms with Gasteiger partial charge < -0.3 is 5.32 Å². The maximum absolute atomic E-state index is 13.2. The van der Waals surface area contributed by atoms with Gasteiger partial charge in [0.2, 0.25) is 5.91 Å². The molecule has 0 bridgehead atoms. The third-order valence-corrected chi connectivity index (χ3v) is 5.20. The Kier molecular flexibility index (Phi) is 6.16. The van der Waals surface area contributed by atoms with E-state index >= 15 is 0 Å². The first-order valence-electron chi connectivity index (χ1n) is 8.84. The molecule has 0 radical (unpaired) electrons. The van der Waals surface area contributed by atoms with Crippen molar-refractivity contribution < 1.29 is 31.1 Å². The van der Waals surface area contributed by atoms with Crippen molar-refractivity contribution in [2.75, 3.05) is 6.54 Å². The van der Waals surface area contributed by atoms with Crippen molar-refractivity contribution in [1.29, 1.82) is 0 Å². The third kappa shape index (κ3) is 5.39. The van der Waals surface area contributed by atoms with Crippen LogP contribution in [-0.4, -0.2) is 18.6 Å². The summed E-state index contributed by atoms with van der Waals surface area (Å²) in [5, 5.41) is 2.53. The lowest BCUT2D eigenvalue weighted by atomic mass is 9.77. The maximum atomic E-state index is 13.2. The van der Waals surface area contributed by atoms with E-state index in [2.05, 4.69) is 5.32 Å². The first-order valence-corrected chi connectivity index (χ1v) is 8.84. The van der Waals surface area contributed by atoms with E-state index in [-0.39, 0.29) is 19.4 Å². The summed E-state index contributed by atoms with van der Waals surface area (Å²) in [6, 6.07) is 4.75. The highest BCUT2D eigenvalue weighted by Crippen LogP contribution is 2.41. The van der Waals surface area contributed by atoms with E-state index in [9.17, 15) is 31.1 Å². The Morgan fingerprint density at radius 3 is 2.22 bits per heavy atom. The van der Waals surface area contributed by atoms with E-state index in [0.29, 0.717) is 18.4 Å². The quantitative estimate of drug-likeness (QED) is 0.673. The first-order chi connectivity index (χ1) is 12.3. The second kappa shape index (κ2) is 7.72. The minimum Gasteiger partial charge on any atom is -0.355 e. The molecule has 2 nitrogen and oxygen atoms in total. The number of rotatable bonds is 4. The van der Waals surface area contributed by atoms with Crippen molar-refractivity contribution in [2.24, 2.45) is 11.8 Å². The van der Waals surface area contributed by atoms with Crippen LogP contribution in [0.25, 0.3) is 0 Å². The second-order valence-corrected chi connectivity index (χ2v) is 7.72. The van der Waals surface area contributed by atoms with Gasteiger partial charge >= 0.3 is 12.4 Å². The van der Waals surface area contributed by atoms with Gasteiger partial charge in [0.15, 0.2) is 0 Å². The van der Waals surface area contributed by atoms with Gasteiger partial charge in [-0.3, -0.25) is 4.79 Å². The molecule has 1 N–H and O–H groups in total. The molecule has 1 aliphatic rings. The Morgan fingerprint density at radius 1 is 1.04 bits per heavy atom. The minimum absolute atomic E-state index is 0.0474. The maximum Gasteiger partial charge on any atom is 0.416 e. The van der Waals surface area contributed by atoms with Crippen LogP contribution >= 0.6 is 0 Å². The van der Waals surface area contributed by atoms with E-state index < -0.39 is 41.1 Å². The standard InChI is InChI=1S/C19H23F6NO/c1-17(2,12-6-5-7-13(10-12)18(20,21)22)11-26-16(27)14-8-3-4-9-15(14)19(23,24)25/h5-7,10,14-15H,3-4,8-9,11H2,1-2H3,(H,26,27). The summed E-state index contributed by atoms with van der Waals surface area (Å²) in [6.07, 6.45) is -7.83.